The van der Waals surface area contributed by atoms with Crippen LogP contribution in [0.1, 0.15) is 40.0 Å². The van der Waals surface area contributed by atoms with Gasteiger partial charge in [-0.05, 0) is 29.8 Å². The Labute approximate surface area is 173 Å². The number of carbonyl (C=O) groups excluding carboxylic acids is 2. The maximum atomic E-state index is 12.4. The summed E-state index contributed by atoms with van der Waals surface area (Å²) < 4.78 is 10.5. The average Bonchev–Trinajstić information content (AvgIpc) is 3.39. The van der Waals surface area contributed by atoms with Crippen LogP contribution in [0.2, 0.25) is 0 Å². The summed E-state index contributed by atoms with van der Waals surface area (Å²) >= 11 is 0. The molecule has 154 valence electrons. The van der Waals surface area contributed by atoms with Crippen LogP contribution in [0.3, 0.4) is 0 Å². The summed E-state index contributed by atoms with van der Waals surface area (Å²) in [5.74, 6) is 1.26. The normalized spacial score (nSPS) is 16.0. The monoisotopic (exact) mass is 406 g/mol. The van der Waals surface area contributed by atoms with Crippen molar-refractivity contribution in [2.45, 2.75) is 25.4 Å². The first kappa shape index (κ1) is 19.6. The van der Waals surface area contributed by atoms with Crippen LogP contribution < -0.4 is 10.1 Å². The van der Waals surface area contributed by atoms with Gasteiger partial charge in [0.2, 0.25) is 11.8 Å². The number of hydrogen-bond acceptors (Lipinski definition) is 6. The largest absolute Gasteiger partial charge is 0.497 e. The van der Waals surface area contributed by atoms with Gasteiger partial charge < -0.3 is 19.5 Å². The Bertz CT molecular complexity index is 1030. The zero-order chi connectivity index (χ0) is 20.9. The highest BCUT2D eigenvalue weighted by atomic mass is 16.5. The number of amides is 2. The molecular weight excluding hydrogens is 384 g/mol. The Kier molecular flexibility index (Phi) is 5.74. The van der Waals surface area contributed by atoms with E-state index in [1.54, 1.807) is 36.3 Å². The van der Waals surface area contributed by atoms with Crippen LogP contribution in [0.5, 0.6) is 5.75 Å². The van der Waals surface area contributed by atoms with Crippen LogP contribution in [0.25, 0.3) is 0 Å². The van der Waals surface area contributed by atoms with Crippen molar-refractivity contribution >= 4 is 11.8 Å². The van der Waals surface area contributed by atoms with Crippen molar-refractivity contribution in [3.05, 3.63) is 77.4 Å². The number of ether oxygens (including phenoxy) is 1. The summed E-state index contributed by atoms with van der Waals surface area (Å²) in [6, 6.07) is 16.6. The van der Waals surface area contributed by atoms with Gasteiger partial charge in [0.25, 0.3) is 5.91 Å². The molecule has 4 rings (SSSR count). The van der Waals surface area contributed by atoms with E-state index in [-0.39, 0.29) is 24.3 Å². The van der Waals surface area contributed by atoms with E-state index in [0.717, 1.165) is 11.3 Å². The van der Waals surface area contributed by atoms with Crippen molar-refractivity contribution in [1.82, 2.24) is 20.4 Å². The molecule has 1 N–H and O–H groups in total. The van der Waals surface area contributed by atoms with Crippen LogP contribution in [0.4, 0.5) is 0 Å². The fourth-order valence-electron chi connectivity index (χ4n) is 3.44. The number of methoxy groups -OCH3 is 1. The first-order chi connectivity index (χ1) is 14.6. The number of hydrogen-bond donors (Lipinski definition) is 1. The summed E-state index contributed by atoms with van der Waals surface area (Å²) in [5.41, 5.74) is 1.56. The van der Waals surface area contributed by atoms with Crippen molar-refractivity contribution in [3.63, 3.8) is 0 Å². The minimum atomic E-state index is -0.212. The fraction of sp³-hybridized carbons (Fsp3) is 0.273. The van der Waals surface area contributed by atoms with Gasteiger partial charge in [0.15, 0.2) is 5.82 Å². The molecule has 1 fully saturated rings. The lowest BCUT2D eigenvalue weighted by atomic mass is 10.1. The lowest BCUT2D eigenvalue weighted by Gasteiger charge is -2.16. The van der Waals surface area contributed by atoms with E-state index in [9.17, 15) is 9.59 Å². The summed E-state index contributed by atoms with van der Waals surface area (Å²) in [6.45, 7) is 1.16. The summed E-state index contributed by atoms with van der Waals surface area (Å²) in [5, 5.41) is 6.77. The third-order valence-electron chi connectivity index (χ3n) is 5.01. The molecule has 0 bridgehead atoms. The summed E-state index contributed by atoms with van der Waals surface area (Å²) in [6.07, 6.45) is 0.333. The van der Waals surface area contributed by atoms with Crippen LogP contribution >= 0.6 is 0 Å². The van der Waals surface area contributed by atoms with Gasteiger partial charge in [0, 0.05) is 31.0 Å². The molecular formula is C22H22N4O4. The van der Waals surface area contributed by atoms with Gasteiger partial charge in [-0.3, -0.25) is 9.59 Å². The third kappa shape index (κ3) is 4.48. The maximum Gasteiger partial charge on any atom is 0.251 e. The number of rotatable bonds is 7. The SMILES string of the molecule is COc1cccc(CN2CC(c3noc(CNC(=O)c4ccccc4)n3)CC2=O)c1. The molecule has 3 aromatic rings. The van der Waals surface area contributed by atoms with Gasteiger partial charge in [-0.1, -0.05) is 35.5 Å². The van der Waals surface area contributed by atoms with Crippen LogP contribution in [-0.4, -0.2) is 40.5 Å². The van der Waals surface area contributed by atoms with Gasteiger partial charge in [0.1, 0.15) is 5.75 Å². The second-order valence-corrected chi connectivity index (χ2v) is 7.12. The predicted molar refractivity (Wildman–Crippen MR) is 108 cm³/mol. The molecule has 0 aliphatic carbocycles. The van der Waals surface area contributed by atoms with E-state index in [2.05, 4.69) is 15.5 Å². The number of aromatic nitrogens is 2. The summed E-state index contributed by atoms with van der Waals surface area (Å²) in [7, 11) is 1.62. The van der Waals surface area contributed by atoms with Gasteiger partial charge >= 0.3 is 0 Å². The first-order valence-electron chi connectivity index (χ1n) is 9.69. The third-order valence-corrected chi connectivity index (χ3v) is 5.01. The van der Waals surface area contributed by atoms with Crippen molar-refractivity contribution in [1.29, 1.82) is 0 Å². The molecule has 0 saturated carbocycles. The second-order valence-electron chi connectivity index (χ2n) is 7.12. The molecule has 30 heavy (non-hydrogen) atoms. The van der Waals surface area contributed by atoms with Gasteiger partial charge in [-0.2, -0.15) is 4.98 Å². The predicted octanol–water partition coefficient (Wildman–Crippen LogP) is 2.52. The molecule has 2 amide bonds. The van der Waals surface area contributed by atoms with Gasteiger partial charge in [0.05, 0.1) is 13.7 Å². The molecule has 1 unspecified atom stereocenters. The van der Waals surface area contributed by atoms with Crippen LogP contribution in [0.15, 0.2) is 59.1 Å². The number of nitrogens with zero attached hydrogens (tertiary/aromatic N) is 3. The molecule has 0 radical (unpaired) electrons. The van der Waals surface area contributed by atoms with Crippen molar-refractivity contribution in [3.8, 4) is 5.75 Å². The van der Waals surface area contributed by atoms with Crippen LogP contribution in [-0.2, 0) is 17.9 Å². The average molecular weight is 406 g/mol. The van der Waals surface area contributed by atoms with Crippen molar-refractivity contribution < 1.29 is 18.8 Å². The molecule has 1 atom stereocenters. The topological polar surface area (TPSA) is 97.6 Å². The van der Waals surface area contributed by atoms with E-state index < -0.39 is 0 Å². The zero-order valence-electron chi connectivity index (χ0n) is 16.6. The maximum absolute atomic E-state index is 12.4. The Balaban J connectivity index is 1.34. The highest BCUT2D eigenvalue weighted by molar-refractivity contribution is 5.93. The molecule has 1 aliphatic rings. The minimum Gasteiger partial charge on any atom is -0.497 e. The fourth-order valence-corrected chi connectivity index (χ4v) is 3.44. The smallest absolute Gasteiger partial charge is 0.251 e. The van der Waals surface area contributed by atoms with Crippen molar-refractivity contribution in [2.24, 2.45) is 0 Å². The zero-order valence-corrected chi connectivity index (χ0v) is 16.6. The van der Waals surface area contributed by atoms with Gasteiger partial charge in [-0.25, -0.2) is 0 Å². The highest BCUT2D eigenvalue weighted by Crippen LogP contribution is 2.28. The quantitative estimate of drug-likeness (QED) is 0.648. The lowest BCUT2D eigenvalue weighted by molar-refractivity contribution is -0.128. The first-order valence-corrected chi connectivity index (χ1v) is 9.69. The van der Waals surface area contributed by atoms with Gasteiger partial charge in [-0.15, -0.1) is 0 Å². The molecule has 0 spiro atoms. The van der Waals surface area contributed by atoms with E-state index in [4.69, 9.17) is 9.26 Å². The number of nitrogens with one attached hydrogen (secondary N) is 1. The second kappa shape index (κ2) is 8.77. The van der Waals surface area contributed by atoms with E-state index in [0.29, 0.717) is 36.8 Å². The number of benzene rings is 2. The molecule has 1 aromatic heterocycles. The summed E-state index contributed by atoms with van der Waals surface area (Å²) in [4.78, 5) is 30.7. The van der Waals surface area contributed by atoms with Crippen molar-refractivity contribution in [2.75, 3.05) is 13.7 Å². The molecule has 8 heteroatoms. The van der Waals surface area contributed by atoms with E-state index in [1.165, 1.54) is 0 Å². The molecule has 8 nitrogen and oxygen atoms in total. The van der Waals surface area contributed by atoms with E-state index >= 15 is 0 Å². The molecule has 1 aliphatic heterocycles. The number of carbonyl (C=O) groups is 2. The standard InChI is InChI=1S/C22H22N4O4/c1-29-18-9-5-6-15(10-18)13-26-14-17(11-20(26)27)21-24-19(30-25-21)12-23-22(28)16-7-3-2-4-8-16/h2-10,17H,11-14H2,1H3,(H,23,28). The highest BCUT2D eigenvalue weighted by Gasteiger charge is 2.33. The minimum absolute atomic E-state index is 0.0477. The Hall–Kier alpha value is -3.68. The number of likely N-dealkylation sites (tertiary alicyclic amines) is 1. The Morgan fingerprint density at radius 3 is 2.87 bits per heavy atom. The molecule has 1 saturated heterocycles. The Morgan fingerprint density at radius 2 is 2.07 bits per heavy atom. The van der Waals surface area contributed by atoms with E-state index in [1.807, 2.05) is 30.3 Å². The Morgan fingerprint density at radius 1 is 1.23 bits per heavy atom. The lowest BCUT2D eigenvalue weighted by Crippen LogP contribution is -2.24. The van der Waals surface area contributed by atoms with Crippen LogP contribution in [0, 0.1) is 0 Å². The molecule has 2 aromatic carbocycles. The molecule has 2 heterocycles.